The first-order chi connectivity index (χ1) is 10.3. The van der Waals surface area contributed by atoms with Crippen LogP contribution in [0.3, 0.4) is 0 Å². The summed E-state index contributed by atoms with van der Waals surface area (Å²) in [5.41, 5.74) is 8.45. The van der Waals surface area contributed by atoms with Gasteiger partial charge in [0.1, 0.15) is 5.75 Å². The maximum atomic E-state index is 6.09. The highest BCUT2D eigenvalue weighted by Crippen LogP contribution is 2.36. The molecular formula is C17H19BrN2O. The standard InChI is InChI=1S/C17H19BrN2O/c18-14-8-6-13(7-9-14)16(12-19)20-10-3-11-21-17-5-2-1-4-15(17)20/h1-2,4-9,16H,3,10-12,19H2. The molecule has 21 heavy (non-hydrogen) atoms. The highest BCUT2D eigenvalue weighted by molar-refractivity contribution is 9.10. The molecule has 4 heteroatoms. The number of rotatable bonds is 3. The number of ether oxygens (including phenoxy) is 1. The molecular weight excluding hydrogens is 328 g/mol. The molecule has 2 aromatic rings. The fourth-order valence-electron chi connectivity index (χ4n) is 2.81. The number of hydrogen-bond acceptors (Lipinski definition) is 3. The normalized spacial score (nSPS) is 15.8. The molecule has 3 nitrogen and oxygen atoms in total. The molecule has 2 aromatic carbocycles. The van der Waals surface area contributed by atoms with Crippen molar-refractivity contribution >= 4 is 21.6 Å². The average molecular weight is 347 g/mol. The highest BCUT2D eigenvalue weighted by Gasteiger charge is 2.24. The van der Waals surface area contributed by atoms with E-state index >= 15 is 0 Å². The van der Waals surface area contributed by atoms with Crippen molar-refractivity contribution in [3.8, 4) is 5.75 Å². The van der Waals surface area contributed by atoms with Crippen LogP contribution in [0, 0.1) is 0 Å². The summed E-state index contributed by atoms with van der Waals surface area (Å²) in [4.78, 5) is 2.37. The first-order valence-corrected chi connectivity index (χ1v) is 8.03. The van der Waals surface area contributed by atoms with Crippen LogP contribution in [0.2, 0.25) is 0 Å². The molecule has 0 radical (unpaired) electrons. The number of para-hydroxylation sites is 2. The van der Waals surface area contributed by atoms with E-state index < -0.39 is 0 Å². The van der Waals surface area contributed by atoms with Crippen molar-refractivity contribution in [1.82, 2.24) is 0 Å². The fraction of sp³-hybridized carbons (Fsp3) is 0.294. The van der Waals surface area contributed by atoms with E-state index in [2.05, 4.69) is 57.2 Å². The maximum absolute atomic E-state index is 6.09. The lowest BCUT2D eigenvalue weighted by Crippen LogP contribution is -2.34. The van der Waals surface area contributed by atoms with E-state index in [4.69, 9.17) is 10.5 Å². The Kier molecular flexibility index (Phi) is 4.46. The number of nitrogens with zero attached hydrogens (tertiary/aromatic N) is 1. The summed E-state index contributed by atoms with van der Waals surface area (Å²) in [5, 5.41) is 0. The number of benzene rings is 2. The lowest BCUT2D eigenvalue weighted by atomic mass is 10.0. The fourth-order valence-corrected chi connectivity index (χ4v) is 3.07. The van der Waals surface area contributed by atoms with Gasteiger partial charge >= 0.3 is 0 Å². The summed E-state index contributed by atoms with van der Waals surface area (Å²) in [6, 6.07) is 16.8. The number of fused-ring (bicyclic) bond motifs is 1. The summed E-state index contributed by atoms with van der Waals surface area (Å²) in [6.07, 6.45) is 1.00. The first-order valence-electron chi connectivity index (χ1n) is 7.23. The Balaban J connectivity index is 1.98. The van der Waals surface area contributed by atoms with E-state index in [9.17, 15) is 0 Å². The van der Waals surface area contributed by atoms with Crippen LogP contribution in [0.1, 0.15) is 18.0 Å². The highest BCUT2D eigenvalue weighted by atomic mass is 79.9. The smallest absolute Gasteiger partial charge is 0.142 e. The van der Waals surface area contributed by atoms with Gasteiger partial charge in [0.2, 0.25) is 0 Å². The van der Waals surface area contributed by atoms with E-state index in [0.717, 1.165) is 35.5 Å². The van der Waals surface area contributed by atoms with E-state index in [1.807, 2.05) is 12.1 Å². The van der Waals surface area contributed by atoms with Gasteiger partial charge in [0, 0.05) is 17.6 Å². The van der Waals surface area contributed by atoms with Crippen molar-refractivity contribution in [2.45, 2.75) is 12.5 Å². The molecule has 1 heterocycles. The molecule has 0 aromatic heterocycles. The van der Waals surface area contributed by atoms with Gasteiger partial charge in [-0.15, -0.1) is 0 Å². The van der Waals surface area contributed by atoms with Gasteiger partial charge in [0.05, 0.1) is 18.3 Å². The Hall–Kier alpha value is -1.52. The third kappa shape index (κ3) is 3.06. The molecule has 0 bridgehead atoms. The van der Waals surface area contributed by atoms with Crippen LogP contribution >= 0.6 is 15.9 Å². The SMILES string of the molecule is NCC(c1ccc(Br)cc1)N1CCCOc2ccccc21. The zero-order valence-corrected chi connectivity index (χ0v) is 13.4. The predicted octanol–water partition coefficient (Wildman–Crippen LogP) is 3.74. The zero-order chi connectivity index (χ0) is 14.7. The Morgan fingerprint density at radius 2 is 1.90 bits per heavy atom. The number of anilines is 1. The minimum Gasteiger partial charge on any atom is -0.491 e. The van der Waals surface area contributed by atoms with Gasteiger partial charge in [-0.3, -0.25) is 0 Å². The van der Waals surface area contributed by atoms with Gasteiger partial charge in [0.25, 0.3) is 0 Å². The topological polar surface area (TPSA) is 38.5 Å². The zero-order valence-electron chi connectivity index (χ0n) is 11.8. The van der Waals surface area contributed by atoms with Crippen molar-refractivity contribution in [2.24, 2.45) is 5.73 Å². The summed E-state index contributed by atoms with van der Waals surface area (Å²) in [6.45, 7) is 2.29. The van der Waals surface area contributed by atoms with E-state index in [1.165, 1.54) is 5.56 Å². The summed E-state index contributed by atoms with van der Waals surface area (Å²) < 4.78 is 6.92. The minimum atomic E-state index is 0.168. The molecule has 1 atom stereocenters. The summed E-state index contributed by atoms with van der Waals surface area (Å²) >= 11 is 3.49. The van der Waals surface area contributed by atoms with Crippen LogP contribution in [0.4, 0.5) is 5.69 Å². The Labute approximate surface area is 133 Å². The molecule has 0 saturated carbocycles. The molecule has 0 aliphatic carbocycles. The maximum Gasteiger partial charge on any atom is 0.142 e. The van der Waals surface area contributed by atoms with Crippen LogP contribution in [-0.2, 0) is 0 Å². The summed E-state index contributed by atoms with van der Waals surface area (Å²) in [5.74, 6) is 0.950. The van der Waals surface area contributed by atoms with Gasteiger partial charge < -0.3 is 15.4 Å². The second-order valence-electron chi connectivity index (χ2n) is 5.17. The molecule has 1 aliphatic heterocycles. The number of hydrogen-bond donors (Lipinski definition) is 1. The van der Waals surface area contributed by atoms with Crippen LogP contribution in [0.5, 0.6) is 5.75 Å². The monoisotopic (exact) mass is 346 g/mol. The van der Waals surface area contributed by atoms with Crippen molar-refractivity contribution in [3.05, 3.63) is 58.6 Å². The quantitative estimate of drug-likeness (QED) is 0.919. The number of nitrogens with two attached hydrogens (primary N) is 1. The Bertz CT molecular complexity index is 600. The molecule has 0 spiro atoms. The van der Waals surface area contributed by atoms with Gasteiger partial charge in [0.15, 0.2) is 0 Å². The first kappa shape index (κ1) is 14.4. The van der Waals surface area contributed by atoms with Crippen LogP contribution < -0.4 is 15.4 Å². The van der Waals surface area contributed by atoms with Crippen molar-refractivity contribution in [2.75, 3.05) is 24.6 Å². The predicted molar refractivity (Wildman–Crippen MR) is 89.8 cm³/mol. The average Bonchev–Trinajstić information content (AvgIpc) is 2.73. The second-order valence-corrected chi connectivity index (χ2v) is 6.08. The third-order valence-electron chi connectivity index (χ3n) is 3.83. The Morgan fingerprint density at radius 3 is 2.67 bits per heavy atom. The van der Waals surface area contributed by atoms with Crippen molar-refractivity contribution in [3.63, 3.8) is 0 Å². The lowest BCUT2D eigenvalue weighted by Gasteiger charge is -2.32. The molecule has 2 N–H and O–H groups in total. The van der Waals surface area contributed by atoms with E-state index in [-0.39, 0.29) is 6.04 Å². The molecule has 1 unspecified atom stereocenters. The van der Waals surface area contributed by atoms with Crippen LogP contribution in [-0.4, -0.2) is 19.7 Å². The van der Waals surface area contributed by atoms with Crippen LogP contribution in [0.25, 0.3) is 0 Å². The summed E-state index contributed by atoms with van der Waals surface area (Å²) in [7, 11) is 0. The molecule has 1 aliphatic rings. The van der Waals surface area contributed by atoms with E-state index in [0.29, 0.717) is 6.54 Å². The van der Waals surface area contributed by atoms with Gasteiger partial charge in [-0.2, -0.15) is 0 Å². The number of halogens is 1. The second kappa shape index (κ2) is 6.50. The third-order valence-corrected chi connectivity index (χ3v) is 4.36. The van der Waals surface area contributed by atoms with E-state index in [1.54, 1.807) is 0 Å². The van der Waals surface area contributed by atoms with Crippen LogP contribution in [0.15, 0.2) is 53.0 Å². The van der Waals surface area contributed by atoms with Gasteiger partial charge in [-0.25, -0.2) is 0 Å². The molecule has 0 saturated heterocycles. The lowest BCUT2D eigenvalue weighted by molar-refractivity contribution is 0.322. The molecule has 0 amide bonds. The van der Waals surface area contributed by atoms with Gasteiger partial charge in [-0.05, 0) is 36.2 Å². The van der Waals surface area contributed by atoms with Gasteiger partial charge in [-0.1, -0.05) is 40.2 Å². The van der Waals surface area contributed by atoms with Crippen molar-refractivity contribution in [1.29, 1.82) is 0 Å². The molecule has 0 fully saturated rings. The molecule has 110 valence electrons. The largest absolute Gasteiger partial charge is 0.491 e. The van der Waals surface area contributed by atoms with Crippen molar-refractivity contribution < 1.29 is 4.74 Å². The molecule has 3 rings (SSSR count). The Morgan fingerprint density at radius 1 is 1.14 bits per heavy atom. The minimum absolute atomic E-state index is 0.168.